The molecule has 3 heterocycles. The molecule has 2 aromatic rings. The number of nitrogens with zero attached hydrogens (tertiary/aromatic N) is 3. The third-order valence-corrected chi connectivity index (χ3v) is 6.69. The first-order valence-electron chi connectivity index (χ1n) is 11.0. The van der Waals surface area contributed by atoms with E-state index in [0.29, 0.717) is 22.6 Å². The second-order valence-electron chi connectivity index (χ2n) is 8.42. The Kier molecular flexibility index (Phi) is 5.85. The Labute approximate surface area is 195 Å². The zero-order valence-electron chi connectivity index (χ0n) is 18.3. The van der Waals surface area contributed by atoms with Crippen LogP contribution in [0.5, 0.6) is 11.5 Å². The van der Waals surface area contributed by atoms with Crippen molar-refractivity contribution in [3.8, 4) is 11.5 Å². The highest BCUT2D eigenvalue weighted by molar-refractivity contribution is 6.34. The fourth-order valence-electron chi connectivity index (χ4n) is 4.82. The number of fused-ring (bicyclic) bond motifs is 3. The third-order valence-electron chi connectivity index (χ3n) is 6.42. The van der Waals surface area contributed by atoms with Crippen molar-refractivity contribution in [1.29, 1.82) is 0 Å². The number of hydrogen-bond acceptors (Lipinski definition) is 5. The third kappa shape index (κ3) is 4.23. The van der Waals surface area contributed by atoms with Gasteiger partial charge in [-0.2, -0.15) is 10.2 Å². The summed E-state index contributed by atoms with van der Waals surface area (Å²) >= 11 is 6.26. The van der Waals surface area contributed by atoms with Crippen LogP contribution in [-0.2, 0) is 6.54 Å². The number of ether oxygens (including phenoxy) is 2. The maximum Gasteiger partial charge on any atom is 0.412 e. The fraction of sp³-hybridized carbons (Fsp3) is 0.375. The Morgan fingerprint density at radius 3 is 2.79 bits per heavy atom. The van der Waals surface area contributed by atoms with Crippen LogP contribution in [0.25, 0.3) is 11.8 Å². The van der Waals surface area contributed by atoms with Crippen molar-refractivity contribution in [3.63, 3.8) is 0 Å². The molecule has 33 heavy (non-hydrogen) atoms. The number of H-pyrrole nitrogens is 1. The van der Waals surface area contributed by atoms with Crippen LogP contribution in [0.15, 0.2) is 45.6 Å². The van der Waals surface area contributed by atoms with Crippen LogP contribution in [0.3, 0.4) is 0 Å². The van der Waals surface area contributed by atoms with E-state index >= 15 is 0 Å². The molecule has 0 radical (unpaired) electrons. The molecule has 9 heteroatoms. The Balaban J connectivity index is 1.41. The van der Waals surface area contributed by atoms with Gasteiger partial charge in [0.15, 0.2) is 0 Å². The van der Waals surface area contributed by atoms with Gasteiger partial charge in [0.1, 0.15) is 11.5 Å². The summed E-state index contributed by atoms with van der Waals surface area (Å²) in [4.78, 5) is 16.6. The van der Waals surface area contributed by atoms with Gasteiger partial charge >= 0.3 is 6.09 Å². The maximum atomic E-state index is 11.9. The zero-order valence-corrected chi connectivity index (χ0v) is 19.0. The van der Waals surface area contributed by atoms with Gasteiger partial charge in [-0.15, -0.1) is 0 Å². The van der Waals surface area contributed by atoms with E-state index in [-0.39, 0.29) is 18.6 Å². The number of hydrogen-bond donors (Lipinski definition) is 2. The first kappa shape index (κ1) is 21.6. The second-order valence-corrected chi connectivity index (χ2v) is 8.86. The molecule has 8 nitrogen and oxygen atoms in total. The SMILES string of the molecule is COc1cccc(OC2CCC(C3=c4[nH]c5c(c4CN=N3)N(C(=O)O)CC=C(Cl)C=5)CC2)c1. The number of nitrogens with one attached hydrogen (secondary N) is 1. The predicted molar refractivity (Wildman–Crippen MR) is 125 cm³/mol. The average Bonchev–Trinajstić information content (AvgIpc) is 3.08. The van der Waals surface area contributed by atoms with E-state index in [1.54, 1.807) is 19.3 Å². The lowest BCUT2D eigenvalue weighted by atomic mass is 9.84. The number of allylic oxidation sites excluding steroid dienone is 1. The number of halogens is 1. The first-order valence-corrected chi connectivity index (χ1v) is 11.4. The van der Waals surface area contributed by atoms with E-state index in [1.807, 2.05) is 24.3 Å². The van der Waals surface area contributed by atoms with Crippen molar-refractivity contribution >= 4 is 35.2 Å². The van der Waals surface area contributed by atoms with Crippen molar-refractivity contribution in [2.24, 2.45) is 16.1 Å². The molecule has 5 rings (SSSR count). The average molecular weight is 469 g/mol. The van der Waals surface area contributed by atoms with E-state index in [2.05, 4.69) is 15.2 Å². The van der Waals surface area contributed by atoms with Crippen LogP contribution < -0.4 is 25.1 Å². The highest BCUT2D eigenvalue weighted by Crippen LogP contribution is 2.35. The normalized spacial score (nSPS) is 21.9. The van der Waals surface area contributed by atoms with Gasteiger partial charge in [-0.25, -0.2) is 4.79 Å². The maximum absolute atomic E-state index is 11.9. The van der Waals surface area contributed by atoms with Crippen LogP contribution in [-0.4, -0.2) is 35.9 Å². The molecule has 0 unspecified atom stereocenters. The molecule has 0 spiro atoms. The molecule has 3 aliphatic rings. The summed E-state index contributed by atoms with van der Waals surface area (Å²) in [6.07, 6.45) is 6.21. The number of rotatable bonds is 4. The molecule has 172 valence electrons. The molecular formula is C24H25ClN4O4. The molecule has 1 fully saturated rings. The summed E-state index contributed by atoms with van der Waals surface area (Å²) in [5.41, 5.74) is 2.38. The summed E-state index contributed by atoms with van der Waals surface area (Å²) in [6, 6.07) is 7.67. The van der Waals surface area contributed by atoms with E-state index in [0.717, 1.165) is 53.8 Å². The zero-order chi connectivity index (χ0) is 22.9. The number of amides is 1. The number of benzene rings is 1. The Morgan fingerprint density at radius 2 is 2.03 bits per heavy atom. The molecule has 1 saturated carbocycles. The first-order chi connectivity index (χ1) is 16.0. The molecule has 0 atom stereocenters. The van der Waals surface area contributed by atoms with Crippen LogP contribution in [0, 0.1) is 5.92 Å². The summed E-state index contributed by atoms with van der Waals surface area (Å²) in [6.45, 7) is 0.537. The smallest absolute Gasteiger partial charge is 0.412 e. The van der Waals surface area contributed by atoms with Crippen molar-refractivity contribution in [3.05, 3.63) is 51.6 Å². The summed E-state index contributed by atoms with van der Waals surface area (Å²) in [7, 11) is 1.65. The second kappa shape index (κ2) is 8.94. The highest BCUT2D eigenvalue weighted by Gasteiger charge is 2.30. The van der Waals surface area contributed by atoms with Gasteiger partial charge < -0.3 is 19.6 Å². The van der Waals surface area contributed by atoms with Crippen molar-refractivity contribution in [2.75, 3.05) is 18.6 Å². The van der Waals surface area contributed by atoms with Gasteiger partial charge in [-0.05, 0) is 50.0 Å². The standard InChI is InChI=1S/C24H25ClN4O4/c1-32-17-3-2-4-18(12-17)33-16-7-5-14(6-8-16)21-22-19(13-26-28-21)23-20(27-22)11-15(25)9-10-29(23)24(30)31/h2-4,9,11-12,14,16,27H,5-8,10,13H2,1H3,(H,30,31). The van der Waals surface area contributed by atoms with Crippen molar-refractivity contribution < 1.29 is 19.4 Å². The fourth-order valence-corrected chi connectivity index (χ4v) is 4.99. The lowest BCUT2D eigenvalue weighted by Gasteiger charge is -2.29. The highest BCUT2D eigenvalue weighted by atomic mass is 35.5. The Hall–Kier alpha value is -3.26. The van der Waals surface area contributed by atoms with E-state index in [1.165, 1.54) is 4.90 Å². The minimum absolute atomic E-state index is 0.133. The van der Waals surface area contributed by atoms with Gasteiger partial charge in [0.05, 0.1) is 41.8 Å². The number of carbonyl (C=O) groups is 1. The molecule has 0 bridgehead atoms. The molecule has 2 N–H and O–H groups in total. The number of methoxy groups -OCH3 is 1. The Morgan fingerprint density at radius 1 is 1.24 bits per heavy atom. The molecule has 1 amide bonds. The molecular weight excluding hydrogens is 444 g/mol. The van der Waals surface area contributed by atoms with Gasteiger partial charge in [0, 0.05) is 29.1 Å². The number of aromatic amines is 1. The predicted octanol–water partition coefficient (Wildman–Crippen LogP) is 4.14. The van der Waals surface area contributed by atoms with Crippen LogP contribution >= 0.6 is 11.6 Å². The largest absolute Gasteiger partial charge is 0.497 e. The number of azo groups is 1. The molecule has 1 aliphatic carbocycles. The minimum Gasteiger partial charge on any atom is -0.497 e. The van der Waals surface area contributed by atoms with Gasteiger partial charge in [-0.3, -0.25) is 4.90 Å². The number of carboxylic acid groups (broad SMARTS) is 1. The Bertz CT molecular complexity index is 1260. The van der Waals surface area contributed by atoms with Gasteiger partial charge in [0.2, 0.25) is 0 Å². The molecule has 1 aromatic carbocycles. The van der Waals surface area contributed by atoms with Crippen molar-refractivity contribution in [2.45, 2.75) is 38.3 Å². The molecule has 0 saturated heterocycles. The van der Waals surface area contributed by atoms with Crippen molar-refractivity contribution in [1.82, 2.24) is 4.98 Å². The molecule has 2 aliphatic heterocycles. The van der Waals surface area contributed by atoms with Gasteiger partial charge in [-0.1, -0.05) is 17.7 Å². The quantitative estimate of drug-likeness (QED) is 0.704. The number of aromatic nitrogens is 1. The minimum atomic E-state index is -1.02. The topological polar surface area (TPSA) is 99.5 Å². The van der Waals surface area contributed by atoms with E-state index in [9.17, 15) is 9.90 Å². The number of anilines is 1. The molecule has 1 aromatic heterocycles. The van der Waals surface area contributed by atoms with E-state index < -0.39 is 6.09 Å². The lowest BCUT2D eigenvalue weighted by molar-refractivity contribution is 0.142. The summed E-state index contributed by atoms with van der Waals surface area (Å²) in [5.74, 6) is 1.82. The monoisotopic (exact) mass is 468 g/mol. The summed E-state index contributed by atoms with van der Waals surface area (Å²) in [5, 5.41) is 20.7. The summed E-state index contributed by atoms with van der Waals surface area (Å²) < 4.78 is 11.5. The van der Waals surface area contributed by atoms with E-state index in [4.69, 9.17) is 21.1 Å². The van der Waals surface area contributed by atoms with Crippen LogP contribution in [0.1, 0.15) is 31.2 Å². The van der Waals surface area contributed by atoms with Crippen LogP contribution in [0.2, 0.25) is 0 Å². The van der Waals surface area contributed by atoms with Gasteiger partial charge in [0.25, 0.3) is 0 Å². The lowest BCUT2D eigenvalue weighted by Crippen LogP contribution is -2.33. The van der Waals surface area contributed by atoms with Crippen LogP contribution in [0.4, 0.5) is 10.5 Å².